The summed E-state index contributed by atoms with van der Waals surface area (Å²) in [5.74, 6) is -0.393. The van der Waals surface area contributed by atoms with Crippen LogP contribution in [0.3, 0.4) is 0 Å². The number of hydrogen-bond donors (Lipinski definition) is 1. The van der Waals surface area contributed by atoms with E-state index in [-0.39, 0.29) is 26.2 Å². The quantitative estimate of drug-likeness (QED) is 0.0253. The number of carbonyl (C=O) groups excluding carboxylic acids is 1. The number of phosphoric acid groups is 1. The highest BCUT2D eigenvalue weighted by Gasteiger charge is 2.26. The van der Waals surface area contributed by atoms with E-state index in [2.05, 4.69) is 25.2 Å². The van der Waals surface area contributed by atoms with Gasteiger partial charge in [0.25, 0.3) is 0 Å². The molecular weight excluding hydrogens is 589 g/mol. The Morgan fingerprint density at radius 1 is 0.733 bits per heavy atom. The SMILES string of the molecule is C/C=C/C/C=C/C/C=C/CCC(=O)O[C@H](COCCCCCCCCCCCCCCCC)COP(=O)(O)OCC[N+](C)(C)C. The first kappa shape index (κ1) is 43.7. The molecule has 0 aliphatic carbocycles. The summed E-state index contributed by atoms with van der Waals surface area (Å²) >= 11 is 0. The largest absolute Gasteiger partial charge is 0.472 e. The molecule has 0 bridgehead atoms. The second-order valence-electron chi connectivity index (χ2n) is 12.9. The minimum Gasteiger partial charge on any atom is -0.457 e. The van der Waals surface area contributed by atoms with Gasteiger partial charge in [0.15, 0.2) is 0 Å². The van der Waals surface area contributed by atoms with Crippen molar-refractivity contribution in [2.24, 2.45) is 0 Å². The van der Waals surface area contributed by atoms with Gasteiger partial charge in [-0.1, -0.05) is 127 Å². The second-order valence-corrected chi connectivity index (χ2v) is 14.4. The molecule has 0 amide bonds. The van der Waals surface area contributed by atoms with Gasteiger partial charge >= 0.3 is 13.8 Å². The van der Waals surface area contributed by atoms with Crippen LogP contribution in [0, 0.1) is 0 Å². The first-order valence-corrected chi connectivity index (χ1v) is 19.2. The number of quaternary nitrogens is 1. The highest BCUT2D eigenvalue weighted by molar-refractivity contribution is 7.47. The number of esters is 1. The molecule has 2 atom stereocenters. The Labute approximate surface area is 276 Å². The van der Waals surface area contributed by atoms with Gasteiger partial charge in [-0.25, -0.2) is 4.57 Å². The van der Waals surface area contributed by atoms with Crippen LogP contribution in [0.25, 0.3) is 0 Å². The minimum atomic E-state index is -4.27. The van der Waals surface area contributed by atoms with Gasteiger partial charge < -0.3 is 18.9 Å². The lowest BCUT2D eigenvalue weighted by atomic mass is 10.0. The fraction of sp³-hybridized carbons (Fsp3) is 0.806. The number of rotatable bonds is 32. The molecule has 0 aromatic carbocycles. The van der Waals surface area contributed by atoms with Crippen LogP contribution in [0.1, 0.15) is 129 Å². The van der Waals surface area contributed by atoms with E-state index in [1.165, 1.54) is 77.0 Å². The zero-order valence-electron chi connectivity index (χ0n) is 29.6. The van der Waals surface area contributed by atoms with Gasteiger partial charge in [-0.05, 0) is 32.6 Å². The Kier molecular flexibility index (Phi) is 29.2. The summed E-state index contributed by atoms with van der Waals surface area (Å²) in [6, 6.07) is 0. The summed E-state index contributed by atoms with van der Waals surface area (Å²) in [5, 5.41) is 0. The molecule has 1 N–H and O–H groups in total. The Morgan fingerprint density at radius 2 is 1.27 bits per heavy atom. The molecule has 0 radical (unpaired) electrons. The van der Waals surface area contributed by atoms with Crippen molar-refractivity contribution in [3.05, 3.63) is 36.5 Å². The Morgan fingerprint density at radius 3 is 1.82 bits per heavy atom. The van der Waals surface area contributed by atoms with Crippen molar-refractivity contribution in [3.8, 4) is 0 Å². The molecule has 0 spiro atoms. The molecule has 0 aromatic heterocycles. The van der Waals surface area contributed by atoms with E-state index in [4.69, 9.17) is 18.5 Å². The Hall–Kier alpha value is -1.28. The van der Waals surface area contributed by atoms with Crippen LogP contribution in [0.2, 0.25) is 0 Å². The number of likely N-dealkylation sites (N-methyl/N-ethyl adjacent to an activating group) is 1. The number of unbranched alkanes of at least 4 members (excludes halogenated alkanes) is 13. The van der Waals surface area contributed by atoms with Crippen molar-refractivity contribution in [1.82, 2.24) is 0 Å². The van der Waals surface area contributed by atoms with E-state index in [0.29, 0.717) is 24.1 Å². The molecule has 0 rings (SSSR count). The lowest BCUT2D eigenvalue weighted by Gasteiger charge is -2.24. The third-order valence-electron chi connectivity index (χ3n) is 7.31. The number of nitrogens with zero attached hydrogens (tertiary/aromatic N) is 1. The highest BCUT2D eigenvalue weighted by Crippen LogP contribution is 2.43. The van der Waals surface area contributed by atoms with Gasteiger partial charge in [-0.3, -0.25) is 13.8 Å². The maximum Gasteiger partial charge on any atom is 0.472 e. The monoisotopic (exact) mass is 658 g/mol. The van der Waals surface area contributed by atoms with Gasteiger partial charge in [0.1, 0.15) is 19.3 Å². The molecule has 1 unspecified atom stereocenters. The predicted octanol–water partition coefficient (Wildman–Crippen LogP) is 9.48. The maximum absolute atomic E-state index is 12.5. The minimum absolute atomic E-state index is 0.0776. The Balaban J connectivity index is 4.35. The fourth-order valence-corrected chi connectivity index (χ4v) is 5.26. The first-order chi connectivity index (χ1) is 21.6. The maximum atomic E-state index is 12.5. The predicted molar refractivity (Wildman–Crippen MR) is 187 cm³/mol. The van der Waals surface area contributed by atoms with Gasteiger partial charge in [-0.15, -0.1) is 0 Å². The molecule has 0 aliphatic heterocycles. The third kappa shape index (κ3) is 33.9. The standard InChI is InChI=1S/C36H68NO7P/c1-6-8-10-12-14-16-17-18-19-20-22-24-26-28-31-41-33-35(34-43-45(39,40)42-32-30-37(3,4)5)44-36(38)29-27-25-23-21-15-13-11-9-7-2/h7,9,13,15,23,25,35H,6,8,10-12,14,16-22,24,26-34H2,1-5H3/p+1/b9-7+,15-13+,25-23+/t35-/m1/s1. The van der Waals surface area contributed by atoms with Crippen LogP contribution in [0.5, 0.6) is 0 Å². The summed E-state index contributed by atoms with van der Waals surface area (Å²) in [4.78, 5) is 22.6. The van der Waals surface area contributed by atoms with E-state index in [9.17, 15) is 14.3 Å². The molecule has 0 aliphatic rings. The third-order valence-corrected chi connectivity index (χ3v) is 8.30. The fourth-order valence-electron chi connectivity index (χ4n) is 4.52. The molecule has 264 valence electrons. The summed E-state index contributed by atoms with van der Waals surface area (Å²) in [6.07, 6.45) is 32.1. The van der Waals surface area contributed by atoms with Crippen molar-refractivity contribution < 1.29 is 37.3 Å². The van der Waals surface area contributed by atoms with Crippen molar-refractivity contribution in [1.29, 1.82) is 0 Å². The number of carbonyl (C=O) groups is 1. The van der Waals surface area contributed by atoms with Crippen molar-refractivity contribution in [2.45, 2.75) is 136 Å². The zero-order valence-corrected chi connectivity index (χ0v) is 30.5. The number of phosphoric ester groups is 1. The van der Waals surface area contributed by atoms with E-state index in [1.54, 1.807) is 0 Å². The molecule has 0 saturated heterocycles. The van der Waals surface area contributed by atoms with E-state index in [0.717, 1.165) is 25.7 Å². The van der Waals surface area contributed by atoms with E-state index < -0.39 is 19.9 Å². The molecule has 0 heterocycles. The molecule has 0 saturated carbocycles. The van der Waals surface area contributed by atoms with Gasteiger partial charge in [0, 0.05) is 13.0 Å². The molecule has 8 nitrogen and oxygen atoms in total. The van der Waals surface area contributed by atoms with Crippen molar-refractivity contribution >= 4 is 13.8 Å². The zero-order chi connectivity index (χ0) is 33.5. The van der Waals surface area contributed by atoms with Crippen LogP contribution in [-0.4, -0.2) is 75.6 Å². The van der Waals surface area contributed by atoms with Crippen LogP contribution in [-0.2, 0) is 27.9 Å². The lowest BCUT2D eigenvalue weighted by Crippen LogP contribution is -2.37. The highest BCUT2D eigenvalue weighted by atomic mass is 31.2. The van der Waals surface area contributed by atoms with Crippen molar-refractivity contribution in [2.75, 3.05) is 54.1 Å². The Bertz CT molecular complexity index is 823. The summed E-state index contributed by atoms with van der Waals surface area (Å²) in [7, 11) is 1.63. The van der Waals surface area contributed by atoms with Crippen LogP contribution in [0.15, 0.2) is 36.5 Å². The molecule has 0 aromatic rings. The summed E-state index contributed by atoms with van der Waals surface area (Å²) in [5.41, 5.74) is 0. The average molecular weight is 659 g/mol. The molecule has 0 fully saturated rings. The van der Waals surface area contributed by atoms with Crippen LogP contribution < -0.4 is 0 Å². The normalized spacial score (nSPS) is 14.5. The number of ether oxygens (including phenoxy) is 2. The van der Waals surface area contributed by atoms with Gasteiger partial charge in [0.05, 0.1) is 34.4 Å². The molecule has 9 heteroatoms. The number of allylic oxidation sites excluding steroid dienone is 6. The van der Waals surface area contributed by atoms with Gasteiger partial charge in [0.2, 0.25) is 0 Å². The first-order valence-electron chi connectivity index (χ1n) is 17.7. The van der Waals surface area contributed by atoms with E-state index in [1.807, 2.05) is 46.3 Å². The van der Waals surface area contributed by atoms with Crippen LogP contribution in [0.4, 0.5) is 0 Å². The summed E-state index contributed by atoms with van der Waals surface area (Å²) in [6.45, 7) is 5.28. The topological polar surface area (TPSA) is 91.3 Å². The van der Waals surface area contributed by atoms with E-state index >= 15 is 0 Å². The smallest absolute Gasteiger partial charge is 0.457 e. The van der Waals surface area contributed by atoms with Crippen molar-refractivity contribution in [3.63, 3.8) is 0 Å². The molecule has 45 heavy (non-hydrogen) atoms. The average Bonchev–Trinajstić information content (AvgIpc) is 2.98. The number of hydrogen-bond acceptors (Lipinski definition) is 6. The summed E-state index contributed by atoms with van der Waals surface area (Å²) < 4.78 is 34.6. The molecular formula is C36H69NO7P+. The second kappa shape index (κ2) is 30.1. The van der Waals surface area contributed by atoms with Crippen LogP contribution >= 0.6 is 7.82 Å². The lowest BCUT2D eigenvalue weighted by molar-refractivity contribution is -0.870. The van der Waals surface area contributed by atoms with Gasteiger partial charge in [-0.2, -0.15) is 0 Å².